The molecule has 0 atom stereocenters. The van der Waals surface area contributed by atoms with Crippen molar-refractivity contribution in [3.63, 3.8) is 0 Å². The van der Waals surface area contributed by atoms with Gasteiger partial charge in [0, 0.05) is 13.1 Å². The maximum Gasteiger partial charge on any atom is 0.321 e. The standard InChI is InChI=1S/C15H17F2N5O4S/c1-25-15-20-13(19-14(21-15)22-4-6-26-7-5-22)9-18-27(23,24)10-2-3-11(16)12(17)8-10/h2-3,8,18H,4-7,9H2,1H3. The second kappa shape index (κ2) is 8.06. The van der Waals surface area contributed by atoms with Crippen LogP contribution in [0.1, 0.15) is 5.82 Å². The van der Waals surface area contributed by atoms with Gasteiger partial charge in [-0.25, -0.2) is 21.9 Å². The second-order valence-electron chi connectivity index (χ2n) is 5.54. The molecule has 1 aliphatic rings. The Kier molecular flexibility index (Phi) is 5.77. The minimum atomic E-state index is -4.09. The molecular formula is C15H17F2N5O4S. The zero-order valence-electron chi connectivity index (χ0n) is 14.4. The Hall–Kier alpha value is -2.44. The molecule has 3 rings (SSSR count). The predicted octanol–water partition coefficient (Wildman–Crippen LogP) is 0.473. The Morgan fingerprint density at radius 1 is 1.19 bits per heavy atom. The topological polar surface area (TPSA) is 107 Å². The smallest absolute Gasteiger partial charge is 0.321 e. The predicted molar refractivity (Wildman–Crippen MR) is 89.8 cm³/mol. The molecule has 0 aliphatic carbocycles. The Bertz CT molecular complexity index is 922. The number of morpholine rings is 1. The van der Waals surface area contributed by atoms with Gasteiger partial charge in [-0.2, -0.15) is 15.0 Å². The number of benzene rings is 1. The maximum atomic E-state index is 13.3. The molecule has 0 unspecified atom stereocenters. The van der Waals surface area contributed by atoms with E-state index in [1.54, 1.807) is 0 Å². The van der Waals surface area contributed by atoms with Gasteiger partial charge in [0.05, 0.1) is 31.8 Å². The van der Waals surface area contributed by atoms with Crippen LogP contribution in [-0.4, -0.2) is 56.8 Å². The van der Waals surface area contributed by atoms with Gasteiger partial charge in [0.1, 0.15) is 0 Å². The van der Waals surface area contributed by atoms with Gasteiger partial charge in [-0.1, -0.05) is 0 Å². The first-order valence-electron chi connectivity index (χ1n) is 7.95. The molecule has 1 aliphatic heterocycles. The Labute approximate surface area is 154 Å². The number of rotatable bonds is 6. The molecule has 146 valence electrons. The first-order chi connectivity index (χ1) is 12.9. The largest absolute Gasteiger partial charge is 0.467 e. The van der Waals surface area contributed by atoms with Crippen molar-refractivity contribution < 1.29 is 26.7 Å². The lowest BCUT2D eigenvalue weighted by molar-refractivity contribution is 0.122. The monoisotopic (exact) mass is 401 g/mol. The number of ether oxygens (including phenoxy) is 2. The van der Waals surface area contributed by atoms with Crippen LogP contribution < -0.4 is 14.4 Å². The van der Waals surface area contributed by atoms with E-state index < -0.39 is 26.6 Å². The summed E-state index contributed by atoms with van der Waals surface area (Å²) in [6.07, 6.45) is 0. The summed E-state index contributed by atoms with van der Waals surface area (Å²) in [4.78, 5) is 13.9. The van der Waals surface area contributed by atoms with E-state index in [9.17, 15) is 17.2 Å². The van der Waals surface area contributed by atoms with E-state index in [1.165, 1.54) is 7.11 Å². The lowest BCUT2D eigenvalue weighted by atomic mass is 10.3. The molecule has 0 bridgehead atoms. The van der Waals surface area contributed by atoms with Gasteiger partial charge in [-0.3, -0.25) is 0 Å². The Morgan fingerprint density at radius 3 is 2.59 bits per heavy atom. The minimum absolute atomic E-state index is 0.0357. The normalized spacial score (nSPS) is 15.0. The fourth-order valence-corrected chi connectivity index (χ4v) is 3.34. The zero-order chi connectivity index (χ0) is 19.4. The second-order valence-corrected chi connectivity index (χ2v) is 7.31. The van der Waals surface area contributed by atoms with E-state index in [-0.39, 0.29) is 18.4 Å². The molecule has 9 nitrogen and oxygen atoms in total. The van der Waals surface area contributed by atoms with E-state index in [0.717, 1.165) is 12.1 Å². The highest BCUT2D eigenvalue weighted by atomic mass is 32.2. The molecule has 0 amide bonds. The number of hydrogen-bond donors (Lipinski definition) is 1. The van der Waals surface area contributed by atoms with Gasteiger partial charge >= 0.3 is 6.01 Å². The lowest BCUT2D eigenvalue weighted by Gasteiger charge is -2.26. The Balaban J connectivity index is 1.79. The summed E-state index contributed by atoms with van der Waals surface area (Å²) in [6, 6.07) is 2.35. The molecule has 1 N–H and O–H groups in total. The molecule has 27 heavy (non-hydrogen) atoms. The number of sulfonamides is 1. The quantitative estimate of drug-likeness (QED) is 0.745. The Morgan fingerprint density at radius 2 is 1.93 bits per heavy atom. The van der Waals surface area contributed by atoms with Crippen LogP contribution in [0.25, 0.3) is 0 Å². The molecule has 0 spiro atoms. The lowest BCUT2D eigenvalue weighted by Crippen LogP contribution is -2.37. The summed E-state index contributed by atoms with van der Waals surface area (Å²) in [5.74, 6) is -1.93. The van der Waals surface area contributed by atoms with Crippen molar-refractivity contribution >= 4 is 16.0 Å². The van der Waals surface area contributed by atoms with Crippen molar-refractivity contribution in [2.24, 2.45) is 0 Å². The third-order valence-corrected chi connectivity index (χ3v) is 5.15. The maximum absolute atomic E-state index is 13.3. The summed E-state index contributed by atoms with van der Waals surface area (Å²) in [5.41, 5.74) is 0. The van der Waals surface area contributed by atoms with Crippen LogP contribution in [-0.2, 0) is 21.3 Å². The van der Waals surface area contributed by atoms with Crippen LogP contribution in [0.4, 0.5) is 14.7 Å². The number of methoxy groups -OCH3 is 1. The summed E-state index contributed by atoms with van der Waals surface area (Å²) >= 11 is 0. The number of nitrogens with zero attached hydrogens (tertiary/aromatic N) is 4. The first kappa shape index (κ1) is 19.3. The van der Waals surface area contributed by atoms with Gasteiger partial charge < -0.3 is 14.4 Å². The fourth-order valence-electron chi connectivity index (χ4n) is 2.35. The van der Waals surface area contributed by atoms with Crippen LogP contribution in [0, 0.1) is 11.6 Å². The average molecular weight is 401 g/mol. The van der Waals surface area contributed by atoms with Crippen LogP contribution in [0.15, 0.2) is 23.1 Å². The number of halogens is 2. The van der Waals surface area contributed by atoms with E-state index in [4.69, 9.17) is 9.47 Å². The van der Waals surface area contributed by atoms with Gasteiger partial charge in [0.25, 0.3) is 0 Å². The molecule has 1 saturated heterocycles. The molecular weight excluding hydrogens is 384 g/mol. The highest BCUT2D eigenvalue weighted by Crippen LogP contribution is 2.16. The molecule has 1 aromatic carbocycles. The van der Waals surface area contributed by atoms with Crippen molar-refractivity contribution in [1.29, 1.82) is 0 Å². The molecule has 12 heteroatoms. The van der Waals surface area contributed by atoms with E-state index in [2.05, 4.69) is 19.7 Å². The van der Waals surface area contributed by atoms with E-state index in [1.807, 2.05) is 4.90 Å². The van der Waals surface area contributed by atoms with Gasteiger partial charge in [0.15, 0.2) is 17.5 Å². The van der Waals surface area contributed by atoms with E-state index >= 15 is 0 Å². The van der Waals surface area contributed by atoms with Gasteiger partial charge in [-0.05, 0) is 18.2 Å². The van der Waals surface area contributed by atoms with E-state index in [0.29, 0.717) is 38.3 Å². The highest BCUT2D eigenvalue weighted by Gasteiger charge is 2.20. The summed E-state index contributed by atoms with van der Waals surface area (Å²) in [5, 5.41) is 0. The fraction of sp³-hybridized carbons (Fsp3) is 0.400. The number of aromatic nitrogens is 3. The van der Waals surface area contributed by atoms with Crippen molar-refractivity contribution in [3.8, 4) is 6.01 Å². The molecule has 0 saturated carbocycles. The summed E-state index contributed by atoms with van der Waals surface area (Å²) < 4.78 is 63.4. The molecule has 0 radical (unpaired) electrons. The summed E-state index contributed by atoms with van der Waals surface area (Å²) in [6.45, 7) is 1.91. The SMILES string of the molecule is COc1nc(CNS(=O)(=O)c2ccc(F)c(F)c2)nc(N2CCOCC2)n1. The molecule has 1 aromatic heterocycles. The molecule has 2 heterocycles. The van der Waals surface area contributed by atoms with Crippen molar-refractivity contribution in [2.75, 3.05) is 38.3 Å². The van der Waals surface area contributed by atoms with Crippen LogP contribution in [0.5, 0.6) is 6.01 Å². The van der Waals surface area contributed by atoms with Crippen molar-refractivity contribution in [1.82, 2.24) is 19.7 Å². The van der Waals surface area contributed by atoms with Gasteiger partial charge in [0.2, 0.25) is 16.0 Å². The van der Waals surface area contributed by atoms with Crippen molar-refractivity contribution in [2.45, 2.75) is 11.4 Å². The van der Waals surface area contributed by atoms with Gasteiger partial charge in [-0.15, -0.1) is 0 Å². The van der Waals surface area contributed by atoms with Crippen molar-refractivity contribution in [3.05, 3.63) is 35.7 Å². The first-order valence-corrected chi connectivity index (χ1v) is 9.44. The third-order valence-electron chi connectivity index (χ3n) is 3.75. The third kappa shape index (κ3) is 4.64. The highest BCUT2D eigenvalue weighted by molar-refractivity contribution is 7.89. The van der Waals surface area contributed by atoms with Crippen LogP contribution in [0.2, 0.25) is 0 Å². The molecule has 2 aromatic rings. The summed E-state index contributed by atoms with van der Waals surface area (Å²) in [7, 11) is -2.70. The van der Waals surface area contributed by atoms with Crippen LogP contribution >= 0.6 is 0 Å². The number of nitrogens with one attached hydrogen (secondary N) is 1. The van der Waals surface area contributed by atoms with Crippen LogP contribution in [0.3, 0.4) is 0 Å². The molecule has 1 fully saturated rings. The number of anilines is 1. The average Bonchev–Trinajstić information content (AvgIpc) is 2.69. The number of hydrogen-bond acceptors (Lipinski definition) is 8. The minimum Gasteiger partial charge on any atom is -0.467 e. The zero-order valence-corrected chi connectivity index (χ0v) is 15.2.